The van der Waals surface area contributed by atoms with E-state index in [9.17, 15) is 4.79 Å². The fourth-order valence-electron chi connectivity index (χ4n) is 3.48. The maximum atomic E-state index is 12.4. The van der Waals surface area contributed by atoms with Gasteiger partial charge in [-0.3, -0.25) is 4.79 Å². The lowest BCUT2D eigenvalue weighted by Gasteiger charge is -2.32. The monoisotopic (exact) mass is 322 g/mol. The first kappa shape index (κ1) is 11.1. The van der Waals surface area contributed by atoms with Gasteiger partial charge in [-0.15, -0.1) is 0 Å². The number of fused-ring (bicyclic) bond motifs is 2. The highest BCUT2D eigenvalue weighted by Gasteiger charge is 2.71. The Hall–Kier alpha value is 0.630. The Morgan fingerprint density at radius 1 is 1.43 bits per heavy atom. The molecule has 2 saturated carbocycles. The first-order valence-electron chi connectivity index (χ1n) is 5.10. The third-order valence-corrected chi connectivity index (χ3v) is 7.68. The molecule has 0 amide bonds. The number of Topliss-reactive ketones (excluding diaryl/α,β-unsaturated/α-hetero) is 1. The summed E-state index contributed by atoms with van der Waals surface area (Å²) in [5, 5.41) is 0.739. The second-order valence-corrected chi connectivity index (χ2v) is 7.45. The third kappa shape index (κ3) is 0.940. The zero-order valence-corrected chi connectivity index (χ0v) is 12.0. The van der Waals surface area contributed by atoms with Gasteiger partial charge in [0.1, 0.15) is 0 Å². The molecule has 2 aliphatic rings. The van der Waals surface area contributed by atoms with E-state index in [0.717, 1.165) is 11.8 Å². The minimum Gasteiger partial charge on any atom is -0.297 e. The Balaban J connectivity index is 2.55. The summed E-state index contributed by atoms with van der Waals surface area (Å²) < 4.78 is -0.302. The topological polar surface area (TPSA) is 17.1 Å². The molecule has 14 heavy (non-hydrogen) atoms. The van der Waals surface area contributed by atoms with Gasteiger partial charge in [-0.25, -0.2) is 0 Å². The highest BCUT2D eigenvalue weighted by molar-refractivity contribution is 9.12. The van der Waals surface area contributed by atoms with Crippen molar-refractivity contribution in [2.24, 2.45) is 16.7 Å². The van der Waals surface area contributed by atoms with E-state index in [4.69, 9.17) is 0 Å². The fourth-order valence-corrected chi connectivity index (χ4v) is 5.36. The van der Waals surface area contributed by atoms with Crippen molar-refractivity contribution in [1.82, 2.24) is 0 Å². The number of carbonyl (C=O) groups excluding carboxylic acids is 1. The number of hydrogen-bond donors (Lipinski definition) is 0. The van der Waals surface area contributed by atoms with Crippen molar-refractivity contribution in [1.29, 1.82) is 0 Å². The SMILES string of the molecule is CC1(C)[C@H]2CC[C@]1(C)C(=O)[C@]2(Br)CBr. The van der Waals surface area contributed by atoms with Crippen molar-refractivity contribution in [3.8, 4) is 0 Å². The van der Waals surface area contributed by atoms with Crippen molar-refractivity contribution < 1.29 is 4.79 Å². The summed E-state index contributed by atoms with van der Waals surface area (Å²) in [6.45, 7) is 6.63. The minimum atomic E-state index is -0.302. The van der Waals surface area contributed by atoms with E-state index in [0.29, 0.717) is 11.7 Å². The van der Waals surface area contributed by atoms with Crippen LogP contribution in [-0.2, 0) is 4.79 Å². The summed E-state index contributed by atoms with van der Waals surface area (Å²) in [5.74, 6) is 0.884. The minimum absolute atomic E-state index is 0.116. The van der Waals surface area contributed by atoms with Gasteiger partial charge in [0, 0.05) is 10.7 Å². The van der Waals surface area contributed by atoms with E-state index in [1.54, 1.807) is 0 Å². The molecule has 0 aromatic carbocycles. The molecular weight excluding hydrogens is 308 g/mol. The first-order chi connectivity index (χ1) is 6.30. The van der Waals surface area contributed by atoms with Crippen LogP contribution in [-0.4, -0.2) is 15.4 Å². The van der Waals surface area contributed by atoms with Crippen LogP contribution in [0.3, 0.4) is 0 Å². The van der Waals surface area contributed by atoms with Crippen LogP contribution in [0.2, 0.25) is 0 Å². The molecular formula is C11H16Br2O. The zero-order valence-electron chi connectivity index (χ0n) is 8.86. The van der Waals surface area contributed by atoms with Gasteiger partial charge in [-0.1, -0.05) is 52.6 Å². The van der Waals surface area contributed by atoms with Crippen molar-refractivity contribution >= 4 is 37.6 Å². The Bertz CT molecular complexity index is 300. The van der Waals surface area contributed by atoms with Crippen molar-refractivity contribution in [3.63, 3.8) is 0 Å². The van der Waals surface area contributed by atoms with Gasteiger partial charge in [-0.2, -0.15) is 0 Å². The van der Waals surface area contributed by atoms with Gasteiger partial charge in [-0.05, 0) is 24.2 Å². The van der Waals surface area contributed by atoms with Crippen LogP contribution in [0.4, 0.5) is 0 Å². The van der Waals surface area contributed by atoms with Gasteiger partial charge in [0.15, 0.2) is 5.78 Å². The molecule has 80 valence electrons. The lowest BCUT2D eigenvalue weighted by atomic mass is 9.70. The largest absolute Gasteiger partial charge is 0.297 e. The lowest BCUT2D eigenvalue weighted by molar-refractivity contribution is -0.129. The van der Waals surface area contributed by atoms with Gasteiger partial charge in [0.2, 0.25) is 0 Å². The molecule has 2 fully saturated rings. The molecule has 3 atom stereocenters. The van der Waals surface area contributed by atoms with E-state index in [1.165, 1.54) is 6.42 Å². The molecule has 0 radical (unpaired) electrons. The van der Waals surface area contributed by atoms with Gasteiger partial charge >= 0.3 is 0 Å². The second kappa shape index (κ2) is 2.85. The summed E-state index contributed by atoms with van der Waals surface area (Å²) in [5.41, 5.74) is 0.0241. The Labute approximate surface area is 102 Å². The Kier molecular flexibility index (Phi) is 2.26. The molecule has 0 aromatic heterocycles. The predicted octanol–water partition coefficient (Wildman–Crippen LogP) is 3.54. The molecule has 1 nitrogen and oxygen atoms in total. The molecule has 2 rings (SSSR count). The molecule has 0 spiro atoms. The number of alkyl halides is 2. The molecule has 0 N–H and O–H groups in total. The van der Waals surface area contributed by atoms with Gasteiger partial charge in [0.05, 0.1) is 4.32 Å². The molecule has 2 bridgehead atoms. The summed E-state index contributed by atoms with van der Waals surface area (Å²) >= 11 is 7.16. The maximum Gasteiger partial charge on any atom is 0.157 e. The molecule has 2 aliphatic carbocycles. The van der Waals surface area contributed by atoms with Crippen LogP contribution in [0.15, 0.2) is 0 Å². The van der Waals surface area contributed by atoms with Crippen molar-refractivity contribution in [2.45, 2.75) is 37.9 Å². The molecule has 0 aliphatic heterocycles. The smallest absolute Gasteiger partial charge is 0.157 e. The fraction of sp³-hybridized carbons (Fsp3) is 0.909. The predicted molar refractivity (Wildman–Crippen MR) is 65.1 cm³/mol. The highest BCUT2D eigenvalue weighted by atomic mass is 79.9. The third-order valence-electron chi connectivity index (χ3n) is 4.85. The van der Waals surface area contributed by atoms with E-state index in [2.05, 4.69) is 52.6 Å². The van der Waals surface area contributed by atoms with Crippen LogP contribution in [0.5, 0.6) is 0 Å². The van der Waals surface area contributed by atoms with Crippen LogP contribution in [0.25, 0.3) is 0 Å². The number of halogens is 2. The number of carbonyl (C=O) groups is 1. The zero-order chi connectivity index (χ0) is 10.8. The summed E-state index contributed by atoms with van der Waals surface area (Å²) in [4.78, 5) is 12.4. The standard InChI is InChI=1S/C11H16Br2O/c1-9(2)7-4-5-10(9,3)8(14)11(7,13)6-12/h7H,4-6H2,1-3H3/t7-,10-,11+/m1/s1. The average molecular weight is 324 g/mol. The summed E-state index contributed by atoms with van der Waals surface area (Å²) in [6.07, 6.45) is 2.23. The molecule has 3 heteroatoms. The van der Waals surface area contributed by atoms with Crippen LogP contribution < -0.4 is 0 Å². The molecule has 0 aromatic rings. The van der Waals surface area contributed by atoms with Crippen LogP contribution >= 0.6 is 31.9 Å². The van der Waals surface area contributed by atoms with E-state index in [-0.39, 0.29) is 15.2 Å². The average Bonchev–Trinajstić information content (AvgIpc) is 2.41. The van der Waals surface area contributed by atoms with Gasteiger partial charge in [0.25, 0.3) is 0 Å². The summed E-state index contributed by atoms with van der Waals surface area (Å²) in [6, 6.07) is 0. The molecule has 0 unspecified atom stereocenters. The van der Waals surface area contributed by atoms with Crippen LogP contribution in [0.1, 0.15) is 33.6 Å². The highest BCUT2D eigenvalue weighted by Crippen LogP contribution is 2.69. The number of ketones is 1. The second-order valence-electron chi connectivity index (χ2n) is 5.47. The normalized spacial score (nSPS) is 50.1. The van der Waals surface area contributed by atoms with Crippen LogP contribution in [0, 0.1) is 16.7 Å². The molecule has 0 saturated heterocycles. The maximum absolute atomic E-state index is 12.4. The van der Waals surface area contributed by atoms with Crippen molar-refractivity contribution in [2.75, 3.05) is 5.33 Å². The first-order valence-corrected chi connectivity index (χ1v) is 7.02. The quantitative estimate of drug-likeness (QED) is 0.675. The van der Waals surface area contributed by atoms with E-state index >= 15 is 0 Å². The van der Waals surface area contributed by atoms with E-state index in [1.807, 2.05) is 0 Å². The number of rotatable bonds is 1. The Morgan fingerprint density at radius 3 is 2.29 bits per heavy atom. The van der Waals surface area contributed by atoms with E-state index < -0.39 is 0 Å². The lowest BCUT2D eigenvalue weighted by Crippen LogP contribution is -2.42. The van der Waals surface area contributed by atoms with Gasteiger partial charge < -0.3 is 0 Å². The number of hydrogen-bond acceptors (Lipinski definition) is 1. The molecule has 0 heterocycles. The van der Waals surface area contributed by atoms with Crippen molar-refractivity contribution in [3.05, 3.63) is 0 Å². The Morgan fingerprint density at radius 2 is 2.00 bits per heavy atom. The summed E-state index contributed by atoms with van der Waals surface area (Å²) in [7, 11) is 0.